The van der Waals surface area contributed by atoms with Crippen LogP contribution in [0.4, 0.5) is 0 Å². The molecule has 0 heterocycles. The third-order valence-corrected chi connectivity index (χ3v) is 2.11. The molecular weight excluding hydrogens is 202 g/mol. The van der Waals surface area contributed by atoms with Crippen molar-refractivity contribution in [1.29, 1.82) is 0 Å². The number of hydrogen-bond acceptors (Lipinski definition) is 6. The average molecular weight is 223 g/mol. The van der Waals surface area contributed by atoms with Crippen LogP contribution in [0.2, 0.25) is 0 Å². The molecule has 0 aromatic rings. The molecule has 0 amide bonds. The molecule has 0 aliphatic heterocycles. The number of aliphatic hydroxyl groups excluding tert-OH is 5. The number of rotatable bonds is 8. The third kappa shape index (κ3) is 5.41. The average Bonchev–Trinajstić information content (AvgIpc) is 2.26. The maximum Gasteiger partial charge on any atom is 0.111 e. The van der Waals surface area contributed by atoms with Crippen LogP contribution < -0.4 is 5.32 Å². The van der Waals surface area contributed by atoms with Gasteiger partial charge >= 0.3 is 0 Å². The van der Waals surface area contributed by atoms with Crippen molar-refractivity contribution in [3.05, 3.63) is 0 Å². The summed E-state index contributed by atoms with van der Waals surface area (Å²) in [6.07, 6.45) is -4.75. The summed E-state index contributed by atoms with van der Waals surface area (Å²) in [5, 5.41) is 48.5. The molecule has 6 nitrogen and oxygen atoms in total. The van der Waals surface area contributed by atoms with Gasteiger partial charge in [0.05, 0.1) is 12.7 Å². The Morgan fingerprint density at radius 1 is 1.00 bits per heavy atom. The monoisotopic (exact) mass is 223 g/mol. The summed E-state index contributed by atoms with van der Waals surface area (Å²) < 4.78 is 0. The van der Waals surface area contributed by atoms with Crippen LogP contribution in [0.15, 0.2) is 0 Å². The Hall–Kier alpha value is -0.240. The van der Waals surface area contributed by atoms with E-state index in [2.05, 4.69) is 5.32 Å². The Kier molecular flexibility index (Phi) is 7.85. The first-order valence-corrected chi connectivity index (χ1v) is 5.08. The molecule has 0 fully saturated rings. The second-order valence-electron chi connectivity index (χ2n) is 3.50. The molecule has 0 rings (SSSR count). The lowest BCUT2D eigenvalue weighted by Gasteiger charge is -2.25. The molecule has 0 spiro atoms. The van der Waals surface area contributed by atoms with Crippen molar-refractivity contribution in [2.24, 2.45) is 0 Å². The fourth-order valence-corrected chi connectivity index (χ4v) is 1.11. The van der Waals surface area contributed by atoms with Crippen LogP contribution in [0, 0.1) is 0 Å². The van der Waals surface area contributed by atoms with E-state index in [-0.39, 0.29) is 6.54 Å². The molecule has 6 N–H and O–H groups in total. The number of nitrogens with one attached hydrogen (secondary N) is 1. The van der Waals surface area contributed by atoms with Crippen molar-refractivity contribution < 1.29 is 25.5 Å². The Labute approximate surface area is 89.2 Å². The van der Waals surface area contributed by atoms with E-state index < -0.39 is 31.0 Å². The predicted octanol–water partition coefficient (Wildman–Crippen LogP) is -2.58. The highest BCUT2D eigenvalue weighted by molar-refractivity contribution is 4.81. The molecule has 0 aliphatic carbocycles. The van der Waals surface area contributed by atoms with Crippen LogP contribution in [-0.4, -0.2) is 69.6 Å². The Balaban J connectivity index is 3.90. The highest BCUT2D eigenvalue weighted by Gasteiger charge is 2.29. The van der Waals surface area contributed by atoms with Gasteiger partial charge in [0.2, 0.25) is 0 Å². The molecule has 0 radical (unpaired) electrons. The van der Waals surface area contributed by atoms with Gasteiger partial charge in [0.25, 0.3) is 0 Å². The van der Waals surface area contributed by atoms with Gasteiger partial charge in [-0.3, -0.25) is 0 Å². The first-order chi connectivity index (χ1) is 7.04. The summed E-state index contributed by atoms with van der Waals surface area (Å²) in [6.45, 7) is 2.13. The highest BCUT2D eigenvalue weighted by atomic mass is 16.4. The van der Waals surface area contributed by atoms with Gasteiger partial charge in [0.1, 0.15) is 18.3 Å². The quantitative estimate of drug-likeness (QED) is 0.252. The van der Waals surface area contributed by atoms with Crippen LogP contribution >= 0.6 is 0 Å². The van der Waals surface area contributed by atoms with E-state index in [1.165, 1.54) is 0 Å². The minimum atomic E-state index is -1.55. The predicted molar refractivity (Wildman–Crippen MR) is 54.3 cm³/mol. The molecule has 0 aliphatic rings. The van der Waals surface area contributed by atoms with Crippen molar-refractivity contribution in [1.82, 2.24) is 5.32 Å². The molecule has 0 saturated heterocycles. The number of aliphatic hydroxyl groups is 5. The zero-order chi connectivity index (χ0) is 11.8. The second-order valence-corrected chi connectivity index (χ2v) is 3.50. The van der Waals surface area contributed by atoms with E-state index in [1.807, 2.05) is 6.92 Å². The summed E-state index contributed by atoms with van der Waals surface area (Å²) in [4.78, 5) is 0. The summed E-state index contributed by atoms with van der Waals surface area (Å²) >= 11 is 0. The zero-order valence-electron chi connectivity index (χ0n) is 8.87. The topological polar surface area (TPSA) is 113 Å². The lowest BCUT2D eigenvalue weighted by Crippen LogP contribution is -2.49. The van der Waals surface area contributed by atoms with Gasteiger partial charge < -0.3 is 30.8 Å². The highest BCUT2D eigenvalue weighted by Crippen LogP contribution is 2.04. The smallest absolute Gasteiger partial charge is 0.111 e. The molecular formula is C9H21NO5. The zero-order valence-corrected chi connectivity index (χ0v) is 8.87. The number of hydrogen-bond donors (Lipinski definition) is 6. The minimum absolute atomic E-state index is 0.129. The standard InChI is InChI=1S/C9H21NO5/c1-2-3-10-4-6(12)8(14)9(15)7(13)5-11/h6-15H,2-5H2,1H3/t6-,7-,8-,9-/m0/s1. The van der Waals surface area contributed by atoms with Crippen molar-refractivity contribution in [2.75, 3.05) is 19.7 Å². The maximum atomic E-state index is 9.39. The Morgan fingerprint density at radius 2 is 1.53 bits per heavy atom. The van der Waals surface area contributed by atoms with Gasteiger partial charge in [-0.15, -0.1) is 0 Å². The molecule has 6 heteroatoms. The minimum Gasteiger partial charge on any atom is -0.394 e. The van der Waals surface area contributed by atoms with Crippen LogP contribution in [0.25, 0.3) is 0 Å². The van der Waals surface area contributed by atoms with Crippen LogP contribution in [-0.2, 0) is 0 Å². The van der Waals surface area contributed by atoms with Crippen molar-refractivity contribution in [3.63, 3.8) is 0 Å². The second kappa shape index (κ2) is 7.98. The van der Waals surface area contributed by atoms with E-state index in [0.717, 1.165) is 6.42 Å². The van der Waals surface area contributed by atoms with Crippen LogP contribution in [0.1, 0.15) is 13.3 Å². The van der Waals surface area contributed by atoms with Crippen LogP contribution in [0.3, 0.4) is 0 Å². The lowest BCUT2D eigenvalue weighted by atomic mass is 10.0. The summed E-state index contributed by atoms with van der Waals surface area (Å²) in [5.74, 6) is 0. The van der Waals surface area contributed by atoms with E-state index in [0.29, 0.717) is 6.54 Å². The molecule has 0 aromatic carbocycles. The van der Waals surface area contributed by atoms with Gasteiger partial charge in [0.15, 0.2) is 0 Å². The molecule has 0 bridgehead atoms. The molecule has 0 unspecified atom stereocenters. The van der Waals surface area contributed by atoms with Crippen molar-refractivity contribution >= 4 is 0 Å². The van der Waals surface area contributed by atoms with Crippen LogP contribution in [0.5, 0.6) is 0 Å². The summed E-state index contributed by atoms with van der Waals surface area (Å²) in [7, 11) is 0. The third-order valence-electron chi connectivity index (χ3n) is 2.11. The van der Waals surface area contributed by atoms with E-state index in [9.17, 15) is 15.3 Å². The Bertz CT molecular complexity index is 157. The van der Waals surface area contributed by atoms with Gasteiger partial charge in [0, 0.05) is 6.54 Å². The van der Waals surface area contributed by atoms with E-state index >= 15 is 0 Å². The normalized spacial score (nSPS) is 19.6. The van der Waals surface area contributed by atoms with Gasteiger partial charge in [-0.05, 0) is 13.0 Å². The molecule has 15 heavy (non-hydrogen) atoms. The first kappa shape index (κ1) is 14.8. The Morgan fingerprint density at radius 3 is 2.00 bits per heavy atom. The SMILES string of the molecule is CCCNC[C@H](O)[C@H](O)[C@@H](O)[C@@H](O)CO. The summed E-state index contributed by atoms with van der Waals surface area (Å²) in [6, 6.07) is 0. The fraction of sp³-hybridized carbons (Fsp3) is 1.00. The molecule has 0 saturated carbocycles. The van der Waals surface area contributed by atoms with Gasteiger partial charge in [-0.2, -0.15) is 0 Å². The molecule has 0 aromatic heterocycles. The van der Waals surface area contributed by atoms with Crippen molar-refractivity contribution in [2.45, 2.75) is 37.8 Å². The van der Waals surface area contributed by atoms with E-state index in [4.69, 9.17) is 10.2 Å². The van der Waals surface area contributed by atoms with Gasteiger partial charge in [-0.1, -0.05) is 6.92 Å². The van der Waals surface area contributed by atoms with E-state index in [1.54, 1.807) is 0 Å². The lowest BCUT2D eigenvalue weighted by molar-refractivity contribution is -0.113. The first-order valence-electron chi connectivity index (χ1n) is 5.08. The van der Waals surface area contributed by atoms with Crippen molar-refractivity contribution in [3.8, 4) is 0 Å². The maximum absolute atomic E-state index is 9.39. The molecule has 92 valence electrons. The molecule has 4 atom stereocenters. The fourth-order valence-electron chi connectivity index (χ4n) is 1.11. The van der Waals surface area contributed by atoms with Gasteiger partial charge in [-0.25, -0.2) is 0 Å². The largest absolute Gasteiger partial charge is 0.394 e. The summed E-state index contributed by atoms with van der Waals surface area (Å²) in [5.41, 5.74) is 0.